The van der Waals surface area contributed by atoms with Gasteiger partial charge in [-0.1, -0.05) is 12.1 Å². The van der Waals surface area contributed by atoms with Gasteiger partial charge in [0.15, 0.2) is 0 Å². The molecule has 0 aliphatic carbocycles. The van der Waals surface area contributed by atoms with Crippen molar-refractivity contribution in [2.75, 3.05) is 13.2 Å². The Morgan fingerprint density at radius 3 is 2.86 bits per heavy atom. The van der Waals surface area contributed by atoms with E-state index in [0.29, 0.717) is 6.61 Å². The summed E-state index contributed by atoms with van der Waals surface area (Å²) in [6.45, 7) is 6.45. The Hall–Kier alpha value is -0.540. The van der Waals surface area contributed by atoms with Gasteiger partial charge in [0.1, 0.15) is 5.75 Å². The Kier molecular flexibility index (Phi) is 4.42. The zero-order valence-electron chi connectivity index (χ0n) is 8.16. The predicted octanol–water partition coefficient (Wildman–Crippen LogP) is 2.76. The van der Waals surface area contributed by atoms with E-state index < -0.39 is 0 Å². The molecular weight excluding hydrogens is 244 g/mol. The molecule has 2 nitrogen and oxygen atoms in total. The zero-order valence-corrected chi connectivity index (χ0v) is 9.75. The third-order valence-corrected chi connectivity index (χ3v) is 2.80. The topological polar surface area (TPSA) is 29.5 Å². The van der Waals surface area contributed by atoms with Crippen LogP contribution in [-0.4, -0.2) is 18.3 Å². The Balaban J connectivity index is 3.00. The van der Waals surface area contributed by atoms with Gasteiger partial charge in [0.2, 0.25) is 0 Å². The number of ether oxygens (including phenoxy) is 1. The van der Waals surface area contributed by atoms with Crippen molar-refractivity contribution in [3.63, 3.8) is 0 Å². The van der Waals surface area contributed by atoms with E-state index in [1.807, 2.05) is 25.1 Å². The zero-order chi connectivity index (χ0) is 10.6. The van der Waals surface area contributed by atoms with Crippen LogP contribution in [0.25, 0.3) is 0 Å². The Morgan fingerprint density at radius 1 is 1.57 bits per heavy atom. The van der Waals surface area contributed by atoms with E-state index in [9.17, 15) is 0 Å². The molecule has 1 N–H and O–H groups in total. The van der Waals surface area contributed by atoms with Crippen LogP contribution in [0, 0.1) is 6.92 Å². The minimum atomic E-state index is -0.121. The molecule has 0 bridgehead atoms. The first-order valence-corrected chi connectivity index (χ1v) is 5.35. The van der Waals surface area contributed by atoms with E-state index in [4.69, 9.17) is 9.84 Å². The number of aliphatic hydroxyl groups excluding tert-OH is 1. The minimum Gasteiger partial charge on any atom is -0.493 e. The van der Waals surface area contributed by atoms with Gasteiger partial charge in [0.25, 0.3) is 0 Å². The summed E-state index contributed by atoms with van der Waals surface area (Å²) in [6, 6.07) is 5.72. The molecule has 77 valence electrons. The summed E-state index contributed by atoms with van der Waals surface area (Å²) in [7, 11) is 0. The van der Waals surface area contributed by atoms with Crippen molar-refractivity contribution in [1.82, 2.24) is 0 Å². The van der Waals surface area contributed by atoms with Gasteiger partial charge in [-0.2, -0.15) is 0 Å². The number of halogens is 1. The van der Waals surface area contributed by atoms with Crippen molar-refractivity contribution < 1.29 is 9.84 Å². The van der Waals surface area contributed by atoms with Crippen LogP contribution in [0.2, 0.25) is 0 Å². The molecule has 1 aromatic rings. The van der Waals surface area contributed by atoms with Gasteiger partial charge < -0.3 is 9.84 Å². The van der Waals surface area contributed by atoms with E-state index in [0.717, 1.165) is 15.8 Å². The molecule has 0 saturated heterocycles. The molecular formula is C11H14BrO2. The van der Waals surface area contributed by atoms with Crippen LogP contribution < -0.4 is 4.74 Å². The molecule has 1 atom stereocenters. The van der Waals surface area contributed by atoms with Crippen LogP contribution in [0.5, 0.6) is 5.75 Å². The molecule has 0 heterocycles. The average Bonchev–Trinajstić information content (AvgIpc) is 2.20. The number of hydrogen-bond acceptors (Lipinski definition) is 2. The van der Waals surface area contributed by atoms with E-state index in [1.54, 1.807) is 0 Å². The lowest BCUT2D eigenvalue weighted by Gasteiger charge is -2.13. The molecule has 0 saturated carbocycles. The van der Waals surface area contributed by atoms with Gasteiger partial charge in [0.05, 0.1) is 11.1 Å². The first-order chi connectivity index (χ1) is 6.70. The fourth-order valence-electron chi connectivity index (χ4n) is 1.21. The first kappa shape index (κ1) is 11.5. The summed E-state index contributed by atoms with van der Waals surface area (Å²) in [4.78, 5) is 0. The van der Waals surface area contributed by atoms with Crippen molar-refractivity contribution >= 4 is 15.9 Å². The SMILES string of the molecule is [CH2]C(CO)c1cccc(OCC)c1Br. The molecule has 1 aromatic carbocycles. The summed E-state index contributed by atoms with van der Waals surface area (Å²) in [5.74, 6) is 0.678. The number of benzene rings is 1. The largest absolute Gasteiger partial charge is 0.493 e. The Bertz CT molecular complexity index is 299. The molecule has 1 radical (unpaired) electrons. The molecule has 1 unspecified atom stereocenters. The Morgan fingerprint density at radius 2 is 2.29 bits per heavy atom. The third kappa shape index (κ3) is 2.49. The quantitative estimate of drug-likeness (QED) is 0.899. The predicted molar refractivity (Wildman–Crippen MR) is 60.5 cm³/mol. The fourth-order valence-corrected chi connectivity index (χ4v) is 1.91. The molecule has 3 heteroatoms. The number of hydrogen-bond donors (Lipinski definition) is 1. The van der Waals surface area contributed by atoms with Crippen molar-refractivity contribution in [2.45, 2.75) is 12.8 Å². The third-order valence-electron chi connectivity index (χ3n) is 1.95. The lowest BCUT2D eigenvalue weighted by Crippen LogP contribution is -2.02. The monoisotopic (exact) mass is 257 g/mol. The lowest BCUT2D eigenvalue weighted by atomic mass is 10.0. The minimum absolute atomic E-state index is 0.0359. The van der Waals surface area contributed by atoms with Crippen molar-refractivity contribution in [3.05, 3.63) is 35.2 Å². The van der Waals surface area contributed by atoms with Gasteiger partial charge >= 0.3 is 0 Å². The highest BCUT2D eigenvalue weighted by Crippen LogP contribution is 2.32. The van der Waals surface area contributed by atoms with Gasteiger partial charge in [-0.15, -0.1) is 0 Å². The van der Waals surface area contributed by atoms with E-state index in [2.05, 4.69) is 22.9 Å². The highest BCUT2D eigenvalue weighted by molar-refractivity contribution is 9.10. The lowest BCUT2D eigenvalue weighted by molar-refractivity contribution is 0.281. The van der Waals surface area contributed by atoms with Crippen molar-refractivity contribution in [1.29, 1.82) is 0 Å². The van der Waals surface area contributed by atoms with Crippen LogP contribution in [0.3, 0.4) is 0 Å². The standard InChI is InChI=1S/C11H14BrO2/c1-3-14-10-6-4-5-9(11(10)12)8(2)7-13/h4-6,8,13H,2-3,7H2,1H3. The summed E-state index contributed by atoms with van der Waals surface area (Å²) >= 11 is 3.45. The maximum atomic E-state index is 9.01. The van der Waals surface area contributed by atoms with Gasteiger partial charge in [0, 0.05) is 12.5 Å². The smallest absolute Gasteiger partial charge is 0.133 e. The summed E-state index contributed by atoms with van der Waals surface area (Å²) in [5, 5.41) is 9.01. The van der Waals surface area contributed by atoms with Crippen LogP contribution in [0.15, 0.2) is 22.7 Å². The van der Waals surface area contributed by atoms with Gasteiger partial charge in [-0.25, -0.2) is 0 Å². The molecule has 1 rings (SSSR count). The summed E-state index contributed by atoms with van der Waals surface area (Å²) in [6.07, 6.45) is 0. The molecule has 0 aromatic heterocycles. The highest BCUT2D eigenvalue weighted by atomic mass is 79.9. The van der Waals surface area contributed by atoms with Crippen LogP contribution in [-0.2, 0) is 0 Å². The van der Waals surface area contributed by atoms with Gasteiger partial charge in [-0.05, 0) is 41.4 Å². The molecule has 0 fully saturated rings. The molecule has 14 heavy (non-hydrogen) atoms. The van der Waals surface area contributed by atoms with Crippen molar-refractivity contribution in [2.24, 2.45) is 0 Å². The van der Waals surface area contributed by atoms with E-state index >= 15 is 0 Å². The summed E-state index contributed by atoms with van der Waals surface area (Å²) < 4.78 is 6.30. The maximum absolute atomic E-state index is 9.01. The normalized spacial score (nSPS) is 12.6. The van der Waals surface area contributed by atoms with Gasteiger partial charge in [-0.3, -0.25) is 0 Å². The van der Waals surface area contributed by atoms with E-state index in [1.165, 1.54) is 0 Å². The molecule has 0 spiro atoms. The molecule has 0 aliphatic rings. The number of aliphatic hydroxyl groups is 1. The summed E-state index contributed by atoms with van der Waals surface area (Å²) in [5.41, 5.74) is 0.971. The number of rotatable bonds is 4. The molecule has 0 amide bonds. The fraction of sp³-hybridized carbons (Fsp3) is 0.364. The first-order valence-electron chi connectivity index (χ1n) is 4.55. The second-order valence-electron chi connectivity index (χ2n) is 2.97. The van der Waals surface area contributed by atoms with E-state index in [-0.39, 0.29) is 12.5 Å². The average molecular weight is 258 g/mol. The van der Waals surface area contributed by atoms with Crippen LogP contribution in [0.1, 0.15) is 18.4 Å². The Labute approximate surface area is 93.0 Å². The maximum Gasteiger partial charge on any atom is 0.133 e. The van der Waals surface area contributed by atoms with Crippen molar-refractivity contribution in [3.8, 4) is 5.75 Å². The van der Waals surface area contributed by atoms with Crippen LogP contribution in [0.4, 0.5) is 0 Å². The highest BCUT2D eigenvalue weighted by Gasteiger charge is 2.11. The second-order valence-corrected chi connectivity index (χ2v) is 3.76. The molecule has 0 aliphatic heterocycles. The second kappa shape index (κ2) is 5.37. The van der Waals surface area contributed by atoms with Crippen LogP contribution >= 0.6 is 15.9 Å².